The number of carbonyl (C=O) groups is 1. The highest BCUT2D eigenvalue weighted by atomic mass is 16.5. The van der Waals surface area contributed by atoms with Gasteiger partial charge in [0.1, 0.15) is 6.10 Å². The van der Waals surface area contributed by atoms with E-state index in [1.165, 1.54) is 25.7 Å². The van der Waals surface area contributed by atoms with E-state index in [9.17, 15) is 4.79 Å². The Kier molecular flexibility index (Phi) is 2.33. The molecule has 2 aliphatic rings. The van der Waals surface area contributed by atoms with Gasteiger partial charge >= 0.3 is 0 Å². The van der Waals surface area contributed by atoms with Crippen LogP contribution in [0.1, 0.15) is 38.5 Å². The number of hydrogen-bond donors (Lipinski definition) is 0. The number of hydrogen-bond acceptors (Lipinski definition) is 2. The van der Waals surface area contributed by atoms with Crippen molar-refractivity contribution in [3.05, 3.63) is 0 Å². The van der Waals surface area contributed by atoms with Crippen LogP contribution in [0.2, 0.25) is 0 Å². The number of carbonyl (C=O) groups excluding carboxylic acids is 1. The lowest BCUT2D eigenvalue weighted by molar-refractivity contribution is -0.136. The summed E-state index contributed by atoms with van der Waals surface area (Å²) in [4.78, 5) is 10.1. The Morgan fingerprint density at radius 1 is 1.08 bits per heavy atom. The predicted molar refractivity (Wildman–Crippen MR) is 45.6 cm³/mol. The highest BCUT2D eigenvalue weighted by Crippen LogP contribution is 2.42. The quantitative estimate of drug-likeness (QED) is 0.590. The summed E-state index contributed by atoms with van der Waals surface area (Å²) in [5.41, 5.74) is 0. The van der Waals surface area contributed by atoms with Crippen LogP contribution < -0.4 is 0 Å². The molecule has 0 aromatic carbocycles. The van der Waals surface area contributed by atoms with Crippen molar-refractivity contribution in [3.8, 4) is 0 Å². The lowest BCUT2D eigenvalue weighted by Gasteiger charge is -2.30. The summed E-state index contributed by atoms with van der Waals surface area (Å²) in [5.74, 6) is 1.82. The first-order valence-corrected chi connectivity index (χ1v) is 4.99. The van der Waals surface area contributed by atoms with E-state index in [-0.39, 0.29) is 6.10 Å². The first-order valence-electron chi connectivity index (χ1n) is 4.99. The lowest BCUT2D eigenvalue weighted by atomic mass is 9.80. The fourth-order valence-corrected chi connectivity index (χ4v) is 2.86. The largest absolute Gasteiger partial charge is 0.465 e. The molecule has 3 unspecified atom stereocenters. The molecule has 3 atom stereocenters. The molecule has 0 N–H and O–H groups in total. The molecule has 2 saturated carbocycles. The number of rotatable bonds is 2. The van der Waals surface area contributed by atoms with Crippen molar-refractivity contribution in [2.45, 2.75) is 44.6 Å². The van der Waals surface area contributed by atoms with Crippen LogP contribution in [0.5, 0.6) is 0 Å². The minimum absolute atomic E-state index is 0.238. The Balaban J connectivity index is 1.87. The Labute approximate surface area is 73.3 Å². The molecule has 2 nitrogen and oxygen atoms in total. The summed E-state index contributed by atoms with van der Waals surface area (Å²) in [6, 6.07) is 0. The van der Waals surface area contributed by atoms with Gasteiger partial charge in [0.25, 0.3) is 6.47 Å². The molecule has 2 rings (SSSR count). The molecule has 0 bridgehead atoms. The van der Waals surface area contributed by atoms with Crippen molar-refractivity contribution in [3.63, 3.8) is 0 Å². The third-order valence-corrected chi connectivity index (χ3v) is 3.49. The van der Waals surface area contributed by atoms with Crippen LogP contribution in [-0.2, 0) is 9.53 Å². The Bertz CT molecular complexity index is 167. The monoisotopic (exact) mass is 168 g/mol. The maximum Gasteiger partial charge on any atom is 0.293 e. The second-order valence-electron chi connectivity index (χ2n) is 4.12. The van der Waals surface area contributed by atoms with Gasteiger partial charge in [-0.05, 0) is 31.1 Å². The summed E-state index contributed by atoms with van der Waals surface area (Å²) >= 11 is 0. The third kappa shape index (κ3) is 1.47. The van der Waals surface area contributed by atoms with Crippen molar-refractivity contribution < 1.29 is 9.53 Å². The molecule has 68 valence electrons. The van der Waals surface area contributed by atoms with Crippen LogP contribution in [0.25, 0.3) is 0 Å². The Morgan fingerprint density at radius 3 is 2.75 bits per heavy atom. The average Bonchev–Trinajstić information content (AvgIpc) is 2.51. The van der Waals surface area contributed by atoms with Crippen molar-refractivity contribution >= 4 is 6.47 Å². The van der Waals surface area contributed by atoms with Crippen LogP contribution in [0, 0.1) is 11.8 Å². The van der Waals surface area contributed by atoms with Crippen molar-refractivity contribution in [1.82, 2.24) is 0 Å². The SMILES string of the molecule is O=COC1CCC2CCCC2C1. The minimum atomic E-state index is 0.238. The van der Waals surface area contributed by atoms with Gasteiger partial charge in [-0.1, -0.05) is 19.3 Å². The molecule has 2 heteroatoms. The molecule has 0 saturated heterocycles. The van der Waals surface area contributed by atoms with Crippen molar-refractivity contribution in [2.24, 2.45) is 11.8 Å². The summed E-state index contributed by atoms with van der Waals surface area (Å²) < 4.78 is 5.01. The van der Waals surface area contributed by atoms with Crippen LogP contribution in [0.15, 0.2) is 0 Å². The standard InChI is InChI=1S/C10H16O2/c11-7-12-10-5-4-8-2-1-3-9(8)6-10/h7-10H,1-6H2. The third-order valence-electron chi connectivity index (χ3n) is 3.49. The molecular formula is C10H16O2. The van der Waals surface area contributed by atoms with Gasteiger partial charge in [-0.25, -0.2) is 0 Å². The summed E-state index contributed by atoms with van der Waals surface area (Å²) in [5, 5.41) is 0. The molecule has 0 aromatic heterocycles. The zero-order valence-electron chi connectivity index (χ0n) is 7.37. The van der Waals surface area contributed by atoms with Crippen LogP contribution in [-0.4, -0.2) is 12.6 Å². The van der Waals surface area contributed by atoms with E-state index in [0.717, 1.165) is 24.7 Å². The molecule has 0 heterocycles. The Morgan fingerprint density at radius 2 is 1.92 bits per heavy atom. The van der Waals surface area contributed by atoms with E-state index < -0.39 is 0 Å². The molecule has 0 radical (unpaired) electrons. The minimum Gasteiger partial charge on any atom is -0.465 e. The van der Waals surface area contributed by atoms with Gasteiger partial charge in [0.2, 0.25) is 0 Å². The van der Waals surface area contributed by atoms with Gasteiger partial charge in [0.05, 0.1) is 0 Å². The zero-order valence-corrected chi connectivity index (χ0v) is 7.37. The van der Waals surface area contributed by atoms with E-state index in [1.54, 1.807) is 0 Å². The summed E-state index contributed by atoms with van der Waals surface area (Å²) in [7, 11) is 0. The molecule has 0 amide bonds. The first kappa shape index (κ1) is 8.09. The van der Waals surface area contributed by atoms with E-state index in [4.69, 9.17) is 4.74 Å². The van der Waals surface area contributed by atoms with Gasteiger partial charge in [-0.3, -0.25) is 4.79 Å². The number of ether oxygens (including phenoxy) is 1. The van der Waals surface area contributed by atoms with Gasteiger partial charge in [0.15, 0.2) is 0 Å². The second kappa shape index (κ2) is 3.46. The summed E-state index contributed by atoms with van der Waals surface area (Å²) in [6.07, 6.45) is 7.92. The molecule has 0 aromatic rings. The molecule has 12 heavy (non-hydrogen) atoms. The normalized spacial score (nSPS) is 40.5. The van der Waals surface area contributed by atoms with Gasteiger partial charge in [0, 0.05) is 0 Å². The topological polar surface area (TPSA) is 26.3 Å². The summed E-state index contributed by atoms with van der Waals surface area (Å²) in [6.45, 7) is 0.611. The highest BCUT2D eigenvalue weighted by molar-refractivity contribution is 5.37. The maximum atomic E-state index is 10.1. The molecule has 2 aliphatic carbocycles. The van der Waals surface area contributed by atoms with E-state index in [2.05, 4.69) is 0 Å². The van der Waals surface area contributed by atoms with Crippen molar-refractivity contribution in [2.75, 3.05) is 0 Å². The molecular weight excluding hydrogens is 152 g/mol. The van der Waals surface area contributed by atoms with Gasteiger partial charge < -0.3 is 4.74 Å². The van der Waals surface area contributed by atoms with Gasteiger partial charge in [-0.15, -0.1) is 0 Å². The van der Waals surface area contributed by atoms with Crippen LogP contribution in [0.3, 0.4) is 0 Å². The van der Waals surface area contributed by atoms with E-state index in [1.807, 2.05) is 0 Å². The fraction of sp³-hybridized carbons (Fsp3) is 0.900. The van der Waals surface area contributed by atoms with Crippen LogP contribution >= 0.6 is 0 Å². The molecule has 0 spiro atoms. The fourth-order valence-electron chi connectivity index (χ4n) is 2.86. The van der Waals surface area contributed by atoms with Crippen molar-refractivity contribution in [1.29, 1.82) is 0 Å². The molecule has 2 fully saturated rings. The van der Waals surface area contributed by atoms with Crippen LogP contribution in [0.4, 0.5) is 0 Å². The number of fused-ring (bicyclic) bond motifs is 1. The lowest BCUT2D eigenvalue weighted by Crippen LogP contribution is -2.26. The van der Waals surface area contributed by atoms with E-state index in [0.29, 0.717) is 6.47 Å². The first-order chi connectivity index (χ1) is 5.90. The van der Waals surface area contributed by atoms with E-state index >= 15 is 0 Å². The second-order valence-corrected chi connectivity index (χ2v) is 4.12. The maximum absolute atomic E-state index is 10.1. The average molecular weight is 168 g/mol. The molecule has 0 aliphatic heterocycles. The predicted octanol–water partition coefficient (Wildman–Crippen LogP) is 2.13. The zero-order chi connectivity index (χ0) is 8.39. The highest BCUT2D eigenvalue weighted by Gasteiger charge is 2.34. The smallest absolute Gasteiger partial charge is 0.293 e. The Hall–Kier alpha value is -0.530. The van der Waals surface area contributed by atoms with Gasteiger partial charge in [-0.2, -0.15) is 0 Å².